The molecule has 122 valence electrons. The second-order valence-electron chi connectivity index (χ2n) is 4.96. The molecular formula is C18H20BrNO3. The van der Waals surface area contributed by atoms with Gasteiger partial charge in [-0.15, -0.1) is 0 Å². The second-order valence-corrected chi connectivity index (χ2v) is 5.81. The lowest BCUT2D eigenvalue weighted by Crippen LogP contribution is -2.15. The molecule has 0 atom stereocenters. The molecule has 2 aromatic carbocycles. The molecule has 0 heterocycles. The van der Waals surface area contributed by atoms with Crippen LogP contribution in [0.2, 0.25) is 0 Å². The zero-order valence-electron chi connectivity index (χ0n) is 13.3. The van der Waals surface area contributed by atoms with Gasteiger partial charge in [-0.25, -0.2) is 0 Å². The van der Waals surface area contributed by atoms with Gasteiger partial charge in [0.15, 0.2) is 0 Å². The molecule has 4 nitrogen and oxygen atoms in total. The van der Waals surface area contributed by atoms with Gasteiger partial charge in [0.05, 0.1) is 12.2 Å². The van der Waals surface area contributed by atoms with E-state index in [2.05, 4.69) is 21.2 Å². The van der Waals surface area contributed by atoms with Crippen molar-refractivity contribution in [2.75, 3.05) is 25.1 Å². The summed E-state index contributed by atoms with van der Waals surface area (Å²) in [4.78, 5) is 12.5. The van der Waals surface area contributed by atoms with Crippen LogP contribution in [-0.2, 0) is 4.74 Å². The molecule has 0 radical (unpaired) electrons. The molecule has 1 amide bonds. The number of rotatable bonds is 7. The number of nitrogens with one attached hydrogen (secondary N) is 1. The quantitative estimate of drug-likeness (QED) is 0.726. The van der Waals surface area contributed by atoms with Crippen molar-refractivity contribution in [3.8, 4) is 5.75 Å². The normalized spacial score (nSPS) is 10.4. The molecule has 0 aliphatic carbocycles. The largest absolute Gasteiger partial charge is 0.490 e. The lowest BCUT2D eigenvalue weighted by Gasteiger charge is -2.12. The fraction of sp³-hybridized carbons (Fsp3) is 0.278. The second kappa shape index (κ2) is 8.70. The molecular weight excluding hydrogens is 358 g/mol. The average Bonchev–Trinajstić information content (AvgIpc) is 2.55. The number of carbonyl (C=O) groups is 1. The van der Waals surface area contributed by atoms with E-state index in [0.717, 1.165) is 15.7 Å². The Labute approximate surface area is 144 Å². The molecule has 0 saturated heterocycles. The highest BCUT2D eigenvalue weighted by molar-refractivity contribution is 9.10. The van der Waals surface area contributed by atoms with Gasteiger partial charge in [-0.1, -0.05) is 28.1 Å². The summed E-state index contributed by atoms with van der Waals surface area (Å²) in [6.45, 7) is 5.47. The summed E-state index contributed by atoms with van der Waals surface area (Å²) in [6.07, 6.45) is 0. The fourth-order valence-corrected chi connectivity index (χ4v) is 2.30. The van der Waals surface area contributed by atoms with E-state index in [9.17, 15) is 4.79 Å². The maximum absolute atomic E-state index is 12.5. The third-order valence-corrected chi connectivity index (χ3v) is 4.13. The van der Waals surface area contributed by atoms with Crippen LogP contribution in [-0.4, -0.2) is 25.7 Å². The van der Waals surface area contributed by atoms with Crippen LogP contribution in [0.15, 0.2) is 46.9 Å². The summed E-state index contributed by atoms with van der Waals surface area (Å²) in [5, 5.41) is 2.90. The minimum atomic E-state index is -0.196. The predicted octanol–water partition coefficient (Wildman–Crippen LogP) is 4.43. The first kappa shape index (κ1) is 17.5. The number of ether oxygens (including phenoxy) is 2. The van der Waals surface area contributed by atoms with E-state index in [4.69, 9.17) is 9.47 Å². The highest BCUT2D eigenvalue weighted by Crippen LogP contribution is 2.23. The lowest BCUT2D eigenvalue weighted by atomic mass is 10.1. The highest BCUT2D eigenvalue weighted by atomic mass is 79.9. The Morgan fingerprint density at radius 2 is 1.96 bits per heavy atom. The first-order valence-corrected chi connectivity index (χ1v) is 8.28. The SMILES string of the molecule is CCOCCOc1ccccc1C(=O)Nc1ccc(Br)c(C)c1. The Morgan fingerprint density at radius 1 is 1.17 bits per heavy atom. The van der Waals surface area contributed by atoms with Gasteiger partial charge in [0.2, 0.25) is 0 Å². The number of anilines is 1. The van der Waals surface area contributed by atoms with Gasteiger partial charge in [0.1, 0.15) is 12.4 Å². The molecule has 0 aliphatic heterocycles. The Hall–Kier alpha value is -1.85. The van der Waals surface area contributed by atoms with Gasteiger partial charge in [0, 0.05) is 16.8 Å². The van der Waals surface area contributed by atoms with E-state index >= 15 is 0 Å². The van der Waals surface area contributed by atoms with Crippen molar-refractivity contribution in [3.05, 3.63) is 58.1 Å². The van der Waals surface area contributed by atoms with Gasteiger partial charge in [-0.2, -0.15) is 0 Å². The molecule has 2 rings (SSSR count). The maximum Gasteiger partial charge on any atom is 0.259 e. The first-order valence-electron chi connectivity index (χ1n) is 7.49. The summed E-state index contributed by atoms with van der Waals surface area (Å²) in [6, 6.07) is 12.9. The van der Waals surface area contributed by atoms with Crippen molar-refractivity contribution >= 4 is 27.5 Å². The molecule has 5 heteroatoms. The zero-order valence-corrected chi connectivity index (χ0v) is 14.9. The van der Waals surface area contributed by atoms with Crippen LogP contribution >= 0.6 is 15.9 Å². The topological polar surface area (TPSA) is 47.6 Å². The highest BCUT2D eigenvalue weighted by Gasteiger charge is 2.12. The minimum Gasteiger partial charge on any atom is -0.490 e. The van der Waals surface area contributed by atoms with Crippen LogP contribution in [0.25, 0.3) is 0 Å². The molecule has 0 unspecified atom stereocenters. The van der Waals surface area contributed by atoms with Crippen molar-refractivity contribution in [1.29, 1.82) is 0 Å². The van der Waals surface area contributed by atoms with E-state index in [1.165, 1.54) is 0 Å². The summed E-state index contributed by atoms with van der Waals surface area (Å²) >= 11 is 3.45. The average molecular weight is 378 g/mol. The Kier molecular flexibility index (Phi) is 6.62. The number of amides is 1. The van der Waals surface area contributed by atoms with Gasteiger partial charge < -0.3 is 14.8 Å². The number of hydrogen-bond donors (Lipinski definition) is 1. The fourth-order valence-electron chi connectivity index (χ4n) is 2.06. The molecule has 0 fully saturated rings. The molecule has 0 aromatic heterocycles. The molecule has 1 N–H and O–H groups in total. The van der Waals surface area contributed by atoms with Crippen LogP contribution in [0.5, 0.6) is 5.75 Å². The van der Waals surface area contributed by atoms with Crippen LogP contribution in [0.3, 0.4) is 0 Å². The number of carbonyl (C=O) groups excluding carboxylic acids is 1. The molecule has 0 bridgehead atoms. The van der Waals surface area contributed by atoms with Crippen LogP contribution in [0.4, 0.5) is 5.69 Å². The van der Waals surface area contributed by atoms with Crippen LogP contribution < -0.4 is 10.1 Å². The molecule has 0 spiro atoms. The Bertz CT molecular complexity index is 673. The molecule has 2 aromatic rings. The lowest BCUT2D eigenvalue weighted by molar-refractivity contribution is 0.0998. The number of halogens is 1. The third kappa shape index (κ3) is 5.08. The minimum absolute atomic E-state index is 0.196. The summed E-state index contributed by atoms with van der Waals surface area (Å²) in [5.74, 6) is 0.359. The van der Waals surface area contributed by atoms with E-state index in [-0.39, 0.29) is 5.91 Å². The van der Waals surface area contributed by atoms with Crippen molar-refractivity contribution in [1.82, 2.24) is 0 Å². The smallest absolute Gasteiger partial charge is 0.259 e. The van der Waals surface area contributed by atoms with Crippen molar-refractivity contribution in [3.63, 3.8) is 0 Å². The van der Waals surface area contributed by atoms with Gasteiger partial charge in [-0.3, -0.25) is 4.79 Å². The van der Waals surface area contributed by atoms with Crippen molar-refractivity contribution < 1.29 is 14.3 Å². The van der Waals surface area contributed by atoms with Gasteiger partial charge in [-0.05, 0) is 49.7 Å². The summed E-state index contributed by atoms with van der Waals surface area (Å²) < 4.78 is 11.9. The van der Waals surface area contributed by atoms with Crippen molar-refractivity contribution in [2.45, 2.75) is 13.8 Å². The number of hydrogen-bond acceptors (Lipinski definition) is 3. The first-order chi connectivity index (χ1) is 11.1. The number of benzene rings is 2. The van der Waals surface area contributed by atoms with E-state index in [1.807, 2.05) is 44.2 Å². The molecule has 0 saturated carbocycles. The van der Waals surface area contributed by atoms with Crippen molar-refractivity contribution in [2.24, 2.45) is 0 Å². The standard InChI is InChI=1S/C18H20BrNO3/c1-3-22-10-11-23-17-7-5-4-6-15(17)18(21)20-14-8-9-16(19)13(2)12-14/h4-9,12H,3,10-11H2,1-2H3,(H,20,21). The molecule has 0 aliphatic rings. The Morgan fingerprint density at radius 3 is 2.70 bits per heavy atom. The van der Waals surface area contributed by atoms with E-state index < -0.39 is 0 Å². The monoisotopic (exact) mass is 377 g/mol. The van der Waals surface area contributed by atoms with Crippen LogP contribution in [0.1, 0.15) is 22.8 Å². The zero-order chi connectivity index (χ0) is 16.7. The van der Waals surface area contributed by atoms with Crippen LogP contribution in [0, 0.1) is 6.92 Å². The van der Waals surface area contributed by atoms with E-state index in [1.54, 1.807) is 12.1 Å². The predicted molar refractivity (Wildman–Crippen MR) is 95.3 cm³/mol. The number of aryl methyl sites for hydroxylation is 1. The maximum atomic E-state index is 12.5. The summed E-state index contributed by atoms with van der Waals surface area (Å²) in [5.41, 5.74) is 2.31. The Balaban J connectivity index is 2.07. The molecule has 23 heavy (non-hydrogen) atoms. The van der Waals surface area contributed by atoms with E-state index in [0.29, 0.717) is 31.1 Å². The van der Waals surface area contributed by atoms with Gasteiger partial charge >= 0.3 is 0 Å². The number of para-hydroxylation sites is 1. The summed E-state index contributed by atoms with van der Waals surface area (Å²) in [7, 11) is 0. The van der Waals surface area contributed by atoms with Gasteiger partial charge in [0.25, 0.3) is 5.91 Å². The third-order valence-electron chi connectivity index (χ3n) is 3.24.